The van der Waals surface area contributed by atoms with Crippen molar-refractivity contribution in [3.05, 3.63) is 29.3 Å². The Morgan fingerprint density at radius 1 is 1.43 bits per heavy atom. The van der Waals surface area contributed by atoms with Crippen molar-refractivity contribution in [2.45, 2.75) is 51.0 Å². The second-order valence-electron chi connectivity index (χ2n) is 6.03. The number of nitrogens with one attached hydrogen (secondary N) is 1. The number of hydrogen-bond acceptors (Lipinski definition) is 3. The lowest BCUT2D eigenvalue weighted by molar-refractivity contribution is -0.127. The maximum Gasteiger partial charge on any atom is 0.230 e. The third-order valence-corrected chi connectivity index (χ3v) is 4.41. The van der Waals surface area contributed by atoms with E-state index in [-0.39, 0.29) is 5.91 Å². The maximum atomic E-state index is 12.7. The molecule has 0 aromatic heterocycles. The highest BCUT2D eigenvalue weighted by molar-refractivity contribution is 5.88. The zero-order valence-corrected chi connectivity index (χ0v) is 13.1. The normalized spacial score (nSPS) is 18.3. The monoisotopic (exact) mass is 291 g/mol. The lowest BCUT2D eigenvalue weighted by atomic mass is 9.77. The molecule has 0 bridgehead atoms. The first-order chi connectivity index (χ1) is 9.99. The molecule has 21 heavy (non-hydrogen) atoms. The fraction of sp³-hybridized carbons (Fsp3) is 0.588. The van der Waals surface area contributed by atoms with Crippen LogP contribution >= 0.6 is 0 Å². The van der Waals surface area contributed by atoms with Crippen LogP contribution < -0.4 is 10.1 Å². The summed E-state index contributed by atoms with van der Waals surface area (Å²) in [4.78, 5) is 12.7. The molecule has 0 heterocycles. The van der Waals surface area contributed by atoms with Gasteiger partial charge in [-0.2, -0.15) is 0 Å². The Bertz CT molecular complexity index is 505. The number of carbonyl (C=O) groups excluding carboxylic acids is 1. The number of aryl methyl sites for hydroxylation is 1. The summed E-state index contributed by atoms with van der Waals surface area (Å²) in [7, 11) is 1.65. The third kappa shape index (κ3) is 3.21. The summed E-state index contributed by atoms with van der Waals surface area (Å²) in [5.41, 5.74) is 1.61. The summed E-state index contributed by atoms with van der Waals surface area (Å²) in [6.07, 6.45) is 3.28. The number of aliphatic hydroxyl groups is 1. The van der Waals surface area contributed by atoms with Gasteiger partial charge in [-0.1, -0.05) is 25.0 Å². The van der Waals surface area contributed by atoms with Crippen LogP contribution in [0.3, 0.4) is 0 Å². The van der Waals surface area contributed by atoms with Gasteiger partial charge in [0.25, 0.3) is 0 Å². The van der Waals surface area contributed by atoms with Gasteiger partial charge in [0.15, 0.2) is 0 Å². The first-order valence-electron chi connectivity index (χ1n) is 7.61. The molecule has 1 unspecified atom stereocenters. The van der Waals surface area contributed by atoms with Gasteiger partial charge in [-0.15, -0.1) is 0 Å². The molecule has 1 amide bonds. The standard InChI is InChI=1S/C17H25NO3/c1-12-6-7-14(10-15(12)21-3)17(8-4-5-9-17)16(20)18-11-13(2)19/h6-7,10,13,19H,4-5,8-9,11H2,1-3H3,(H,18,20). The van der Waals surface area contributed by atoms with E-state index in [4.69, 9.17) is 4.74 Å². The van der Waals surface area contributed by atoms with Crippen molar-refractivity contribution in [1.29, 1.82) is 0 Å². The summed E-state index contributed by atoms with van der Waals surface area (Å²) in [5, 5.41) is 12.3. The molecule has 0 radical (unpaired) electrons. The zero-order valence-electron chi connectivity index (χ0n) is 13.1. The van der Waals surface area contributed by atoms with Crippen molar-refractivity contribution >= 4 is 5.91 Å². The van der Waals surface area contributed by atoms with Crippen molar-refractivity contribution in [3.63, 3.8) is 0 Å². The summed E-state index contributed by atoms with van der Waals surface area (Å²) in [5.74, 6) is 0.842. The number of carbonyl (C=O) groups is 1. The minimum atomic E-state index is -0.528. The van der Waals surface area contributed by atoms with Crippen LogP contribution in [0.1, 0.15) is 43.7 Å². The van der Waals surface area contributed by atoms with E-state index >= 15 is 0 Å². The Morgan fingerprint density at radius 2 is 2.10 bits per heavy atom. The van der Waals surface area contributed by atoms with E-state index < -0.39 is 11.5 Å². The average Bonchev–Trinajstić information content (AvgIpc) is 2.96. The van der Waals surface area contributed by atoms with Crippen LogP contribution in [-0.4, -0.2) is 30.8 Å². The maximum absolute atomic E-state index is 12.7. The predicted octanol–water partition coefficient (Wildman–Crippen LogP) is 2.31. The molecule has 116 valence electrons. The average molecular weight is 291 g/mol. The van der Waals surface area contributed by atoms with E-state index in [1.54, 1.807) is 14.0 Å². The molecule has 0 spiro atoms. The molecule has 0 aliphatic heterocycles. The van der Waals surface area contributed by atoms with E-state index in [1.165, 1.54) is 0 Å². The van der Waals surface area contributed by atoms with Gasteiger partial charge in [-0.05, 0) is 43.9 Å². The molecular weight excluding hydrogens is 266 g/mol. The summed E-state index contributed by atoms with van der Waals surface area (Å²) in [6, 6.07) is 6.03. The molecule has 0 saturated heterocycles. The van der Waals surface area contributed by atoms with Crippen LogP contribution in [0, 0.1) is 6.92 Å². The van der Waals surface area contributed by atoms with Crippen LogP contribution in [0.5, 0.6) is 5.75 Å². The van der Waals surface area contributed by atoms with Gasteiger partial charge < -0.3 is 15.2 Å². The largest absolute Gasteiger partial charge is 0.496 e. The van der Waals surface area contributed by atoms with Gasteiger partial charge >= 0.3 is 0 Å². The zero-order chi connectivity index (χ0) is 15.5. The highest BCUT2D eigenvalue weighted by atomic mass is 16.5. The highest BCUT2D eigenvalue weighted by Gasteiger charge is 2.42. The smallest absolute Gasteiger partial charge is 0.230 e. The number of hydrogen-bond donors (Lipinski definition) is 2. The molecule has 4 nitrogen and oxygen atoms in total. The number of aliphatic hydroxyl groups excluding tert-OH is 1. The summed E-state index contributed by atoms with van der Waals surface area (Å²) < 4.78 is 5.40. The van der Waals surface area contributed by atoms with E-state index in [1.807, 2.05) is 25.1 Å². The molecule has 2 rings (SSSR count). The van der Waals surface area contributed by atoms with Gasteiger partial charge in [0.05, 0.1) is 18.6 Å². The van der Waals surface area contributed by atoms with Crippen molar-refractivity contribution in [2.75, 3.05) is 13.7 Å². The van der Waals surface area contributed by atoms with Gasteiger partial charge in [-0.3, -0.25) is 4.79 Å². The van der Waals surface area contributed by atoms with Gasteiger partial charge in [-0.25, -0.2) is 0 Å². The topological polar surface area (TPSA) is 58.6 Å². The molecule has 1 atom stereocenters. The minimum Gasteiger partial charge on any atom is -0.496 e. The second kappa shape index (κ2) is 6.48. The lowest BCUT2D eigenvalue weighted by Crippen LogP contribution is -2.44. The number of ether oxygens (including phenoxy) is 1. The number of rotatable bonds is 5. The Balaban J connectivity index is 2.31. The SMILES string of the molecule is COc1cc(C2(C(=O)NCC(C)O)CCCC2)ccc1C. The summed E-state index contributed by atoms with van der Waals surface area (Å²) >= 11 is 0. The van der Waals surface area contributed by atoms with E-state index in [9.17, 15) is 9.90 Å². The minimum absolute atomic E-state index is 0.0202. The Hall–Kier alpha value is -1.55. The molecule has 1 aliphatic carbocycles. The molecule has 1 aromatic rings. The van der Waals surface area contributed by atoms with Crippen molar-refractivity contribution in [3.8, 4) is 5.75 Å². The van der Waals surface area contributed by atoms with Crippen LogP contribution in [0.25, 0.3) is 0 Å². The van der Waals surface area contributed by atoms with Crippen molar-refractivity contribution in [2.24, 2.45) is 0 Å². The predicted molar refractivity (Wildman–Crippen MR) is 82.6 cm³/mol. The molecule has 1 saturated carbocycles. The molecule has 1 aromatic carbocycles. The fourth-order valence-corrected chi connectivity index (χ4v) is 3.15. The number of amides is 1. The van der Waals surface area contributed by atoms with Crippen LogP contribution in [0.15, 0.2) is 18.2 Å². The van der Waals surface area contributed by atoms with Gasteiger partial charge in [0.1, 0.15) is 5.75 Å². The highest BCUT2D eigenvalue weighted by Crippen LogP contribution is 2.42. The van der Waals surface area contributed by atoms with Crippen molar-refractivity contribution < 1.29 is 14.6 Å². The van der Waals surface area contributed by atoms with E-state index in [0.29, 0.717) is 6.54 Å². The lowest BCUT2D eigenvalue weighted by Gasteiger charge is -2.29. The van der Waals surface area contributed by atoms with Crippen LogP contribution in [0.4, 0.5) is 0 Å². The third-order valence-electron chi connectivity index (χ3n) is 4.41. The number of methoxy groups -OCH3 is 1. The van der Waals surface area contributed by atoms with E-state index in [2.05, 4.69) is 5.32 Å². The first kappa shape index (κ1) is 15.8. The molecule has 1 aliphatic rings. The van der Waals surface area contributed by atoms with Crippen molar-refractivity contribution in [1.82, 2.24) is 5.32 Å². The molecular formula is C17H25NO3. The van der Waals surface area contributed by atoms with Crippen LogP contribution in [-0.2, 0) is 10.2 Å². The molecule has 1 fully saturated rings. The fourth-order valence-electron chi connectivity index (χ4n) is 3.15. The van der Waals surface area contributed by atoms with E-state index in [0.717, 1.165) is 42.6 Å². The second-order valence-corrected chi connectivity index (χ2v) is 6.03. The van der Waals surface area contributed by atoms with Crippen LogP contribution in [0.2, 0.25) is 0 Å². The Morgan fingerprint density at radius 3 is 2.67 bits per heavy atom. The Labute approximate surface area is 126 Å². The quantitative estimate of drug-likeness (QED) is 0.875. The Kier molecular flexibility index (Phi) is 4.88. The summed E-state index contributed by atoms with van der Waals surface area (Å²) in [6.45, 7) is 3.97. The molecule has 2 N–H and O–H groups in total. The first-order valence-corrected chi connectivity index (χ1v) is 7.61. The number of benzene rings is 1. The van der Waals surface area contributed by atoms with Gasteiger partial charge in [0.2, 0.25) is 5.91 Å². The molecule has 4 heteroatoms. The van der Waals surface area contributed by atoms with Gasteiger partial charge in [0, 0.05) is 6.54 Å².